The van der Waals surface area contributed by atoms with Gasteiger partial charge in [-0.3, -0.25) is 0 Å². The van der Waals surface area contributed by atoms with Gasteiger partial charge in [0.05, 0.1) is 25.4 Å². The lowest BCUT2D eigenvalue weighted by molar-refractivity contribution is 0.0528. The number of nitrogens with one attached hydrogen (secondary N) is 2. The van der Waals surface area contributed by atoms with Gasteiger partial charge in [0, 0.05) is 17.8 Å². The second-order valence-corrected chi connectivity index (χ2v) is 8.84. The fourth-order valence-electron chi connectivity index (χ4n) is 3.31. The molecule has 0 saturated carbocycles. The monoisotopic (exact) mass is 498 g/mol. The van der Waals surface area contributed by atoms with Crippen molar-refractivity contribution in [3.8, 4) is 11.5 Å². The first-order valence-electron chi connectivity index (χ1n) is 11.3. The summed E-state index contributed by atoms with van der Waals surface area (Å²) in [5.41, 5.74) is 2.66. The summed E-state index contributed by atoms with van der Waals surface area (Å²) in [6.07, 6.45) is 0.728. The molecule has 0 amide bonds. The lowest BCUT2D eigenvalue weighted by Crippen LogP contribution is -2.28. The van der Waals surface area contributed by atoms with Gasteiger partial charge < -0.3 is 24.8 Å². The number of carbonyl (C=O) groups excluding carboxylic acids is 1. The lowest BCUT2D eigenvalue weighted by atomic mass is 10.1. The van der Waals surface area contributed by atoms with Crippen LogP contribution in [0.3, 0.4) is 0 Å². The first-order valence-corrected chi connectivity index (χ1v) is 12.5. The third kappa shape index (κ3) is 7.20. The van der Waals surface area contributed by atoms with Crippen molar-refractivity contribution in [1.29, 1.82) is 0 Å². The molecule has 6 nitrogen and oxygen atoms in total. The minimum atomic E-state index is -0.365. The first-order chi connectivity index (χ1) is 16.5. The maximum Gasteiger partial charge on any atom is 0.341 e. The number of carbonyl (C=O) groups is 1. The van der Waals surface area contributed by atoms with Crippen molar-refractivity contribution >= 4 is 39.6 Å². The van der Waals surface area contributed by atoms with Gasteiger partial charge in [-0.25, -0.2) is 4.79 Å². The summed E-state index contributed by atoms with van der Waals surface area (Å²) in [4.78, 5) is 13.6. The summed E-state index contributed by atoms with van der Waals surface area (Å²) in [6, 6.07) is 17.8. The van der Waals surface area contributed by atoms with Crippen molar-refractivity contribution in [2.45, 2.75) is 33.7 Å². The number of thiocarbonyl (C=S) groups is 1. The molecule has 2 N–H and O–H groups in total. The average molecular weight is 499 g/mol. The zero-order valence-corrected chi connectivity index (χ0v) is 21.3. The van der Waals surface area contributed by atoms with Gasteiger partial charge in [-0.15, -0.1) is 11.3 Å². The number of thiophene rings is 1. The second-order valence-electron chi connectivity index (χ2n) is 7.29. The fraction of sp³-hybridized carbons (Fsp3) is 0.308. The largest absolute Gasteiger partial charge is 0.490 e. The minimum Gasteiger partial charge on any atom is -0.490 e. The van der Waals surface area contributed by atoms with Gasteiger partial charge >= 0.3 is 5.97 Å². The van der Waals surface area contributed by atoms with Crippen LogP contribution in [0.5, 0.6) is 11.5 Å². The molecule has 0 atom stereocenters. The van der Waals surface area contributed by atoms with Crippen LogP contribution in [0.2, 0.25) is 0 Å². The molecule has 0 fully saturated rings. The summed E-state index contributed by atoms with van der Waals surface area (Å²) in [6.45, 7) is 7.60. The van der Waals surface area contributed by atoms with E-state index < -0.39 is 0 Å². The Morgan fingerprint density at radius 1 is 0.912 bits per heavy atom. The lowest BCUT2D eigenvalue weighted by Gasteiger charge is -2.14. The molecule has 1 aromatic heterocycles. The van der Waals surface area contributed by atoms with Crippen molar-refractivity contribution in [2.24, 2.45) is 0 Å². The van der Waals surface area contributed by atoms with Crippen LogP contribution in [-0.2, 0) is 17.7 Å². The van der Waals surface area contributed by atoms with Crippen LogP contribution in [-0.4, -0.2) is 30.9 Å². The summed E-state index contributed by atoms with van der Waals surface area (Å²) < 4.78 is 16.6. The molecule has 8 heteroatoms. The number of hydrogen-bond acceptors (Lipinski definition) is 6. The number of ether oxygens (including phenoxy) is 3. The van der Waals surface area contributed by atoms with Crippen LogP contribution >= 0.6 is 23.6 Å². The second kappa shape index (κ2) is 13.0. The summed E-state index contributed by atoms with van der Waals surface area (Å²) in [5, 5.41) is 7.48. The van der Waals surface area contributed by atoms with E-state index in [9.17, 15) is 4.79 Å². The molecule has 0 aliphatic heterocycles. The van der Waals surface area contributed by atoms with Crippen molar-refractivity contribution in [2.75, 3.05) is 25.1 Å². The quantitative estimate of drug-likeness (QED) is 0.256. The number of hydrogen-bond donors (Lipinski definition) is 2. The fourth-order valence-corrected chi connectivity index (χ4v) is 4.64. The Bertz CT molecular complexity index is 1100. The van der Waals surface area contributed by atoms with Crippen LogP contribution in [0, 0.1) is 0 Å². The Morgan fingerprint density at radius 2 is 1.65 bits per heavy atom. The normalized spacial score (nSPS) is 10.4. The van der Waals surface area contributed by atoms with Gasteiger partial charge in [-0.1, -0.05) is 36.4 Å². The van der Waals surface area contributed by atoms with E-state index in [1.807, 2.05) is 56.3 Å². The van der Waals surface area contributed by atoms with Gasteiger partial charge in [-0.2, -0.15) is 0 Å². The van der Waals surface area contributed by atoms with Crippen molar-refractivity contribution in [1.82, 2.24) is 5.32 Å². The molecule has 1 heterocycles. The number of benzene rings is 2. The summed E-state index contributed by atoms with van der Waals surface area (Å²) in [5.74, 6) is 1.06. The Morgan fingerprint density at radius 3 is 2.35 bits per heavy atom. The highest BCUT2D eigenvalue weighted by molar-refractivity contribution is 7.80. The molecule has 2 aromatic carbocycles. The Kier molecular flexibility index (Phi) is 9.73. The first kappa shape index (κ1) is 25.5. The van der Waals surface area contributed by atoms with Crippen molar-refractivity contribution in [3.05, 3.63) is 76.2 Å². The molecule has 3 rings (SSSR count). The van der Waals surface area contributed by atoms with Gasteiger partial charge in [0.2, 0.25) is 0 Å². The molecular formula is C26H30N2O4S2. The Labute approximate surface area is 210 Å². The highest BCUT2D eigenvalue weighted by Crippen LogP contribution is 2.31. The third-order valence-corrected chi connectivity index (χ3v) is 6.08. The van der Waals surface area contributed by atoms with E-state index >= 15 is 0 Å². The topological polar surface area (TPSA) is 68.8 Å². The van der Waals surface area contributed by atoms with E-state index in [1.54, 1.807) is 6.92 Å². The van der Waals surface area contributed by atoms with Gasteiger partial charge in [0.25, 0.3) is 0 Å². The molecular weight excluding hydrogens is 468 g/mol. The van der Waals surface area contributed by atoms with Crippen molar-refractivity contribution in [3.63, 3.8) is 0 Å². The van der Waals surface area contributed by atoms with Gasteiger partial charge in [0.1, 0.15) is 5.00 Å². The maximum atomic E-state index is 12.5. The van der Waals surface area contributed by atoms with Gasteiger partial charge in [0.15, 0.2) is 16.6 Å². The van der Waals surface area contributed by atoms with E-state index in [2.05, 4.69) is 22.8 Å². The summed E-state index contributed by atoms with van der Waals surface area (Å²) in [7, 11) is 0. The van der Waals surface area contributed by atoms with Crippen LogP contribution in [0.25, 0.3) is 0 Å². The van der Waals surface area contributed by atoms with E-state index in [0.717, 1.165) is 22.6 Å². The zero-order chi connectivity index (χ0) is 24.3. The molecule has 0 unspecified atom stereocenters. The van der Waals surface area contributed by atoms with Crippen LogP contribution in [0.4, 0.5) is 5.00 Å². The van der Waals surface area contributed by atoms with Crippen LogP contribution < -0.4 is 20.1 Å². The predicted octanol–water partition coefficient (Wildman–Crippen LogP) is 5.80. The Hall–Kier alpha value is -3.10. The number of esters is 1. The molecule has 3 aromatic rings. The number of anilines is 1. The summed E-state index contributed by atoms with van der Waals surface area (Å²) >= 11 is 7.01. The molecule has 34 heavy (non-hydrogen) atoms. The van der Waals surface area contributed by atoms with E-state index in [4.69, 9.17) is 26.4 Å². The highest BCUT2D eigenvalue weighted by Gasteiger charge is 2.18. The SMILES string of the molecule is CCOC(=O)c1cc(Cc2ccccc2)sc1NC(=S)NCc1ccc(OCC)c(OCC)c1. The highest BCUT2D eigenvalue weighted by atomic mass is 32.1. The van der Waals surface area contributed by atoms with Crippen molar-refractivity contribution < 1.29 is 19.0 Å². The van der Waals surface area contributed by atoms with E-state index in [-0.39, 0.29) is 5.97 Å². The van der Waals surface area contributed by atoms with Crippen LogP contribution in [0.1, 0.15) is 47.1 Å². The molecule has 0 bridgehead atoms. The molecule has 0 aliphatic carbocycles. The third-order valence-electron chi connectivity index (χ3n) is 4.79. The molecule has 180 valence electrons. The number of rotatable bonds is 11. The molecule has 0 aliphatic rings. The average Bonchev–Trinajstić information content (AvgIpc) is 3.22. The molecule has 0 spiro atoms. The van der Waals surface area contributed by atoms with Crippen LogP contribution in [0.15, 0.2) is 54.6 Å². The van der Waals surface area contributed by atoms with E-state index in [0.29, 0.717) is 47.8 Å². The van der Waals surface area contributed by atoms with Gasteiger partial charge in [-0.05, 0) is 62.3 Å². The van der Waals surface area contributed by atoms with E-state index in [1.165, 1.54) is 16.9 Å². The molecule has 0 radical (unpaired) electrons. The zero-order valence-electron chi connectivity index (χ0n) is 19.7. The standard InChI is InChI=1S/C26H30N2O4S2/c1-4-30-22-13-12-19(15-23(22)31-5-2)17-27-26(33)28-24-21(25(29)32-6-3)16-20(34-24)14-18-10-8-7-9-11-18/h7-13,15-16H,4-6,14,17H2,1-3H3,(H2,27,28,33). The predicted molar refractivity (Wildman–Crippen MR) is 141 cm³/mol. The minimum absolute atomic E-state index is 0.310. The maximum absolute atomic E-state index is 12.5. The Balaban J connectivity index is 1.69. The smallest absolute Gasteiger partial charge is 0.341 e. The molecule has 0 saturated heterocycles.